The highest BCUT2D eigenvalue weighted by Crippen LogP contribution is 2.17. The van der Waals surface area contributed by atoms with Crippen LogP contribution in [0.15, 0.2) is 24.3 Å². The Morgan fingerprint density at radius 3 is 2.44 bits per heavy atom. The zero-order valence-corrected chi connectivity index (χ0v) is 9.39. The molecule has 86 valence electrons. The minimum atomic E-state index is -0.562. The van der Waals surface area contributed by atoms with Gasteiger partial charge in [-0.15, -0.1) is 0 Å². The van der Waals surface area contributed by atoms with Crippen LogP contribution < -0.4 is 11.5 Å². The number of likely N-dealkylation sites (tertiary alicyclic amines) is 1. The molecular weight excluding hydrogens is 202 g/mol. The number of nitrogens with two attached hydrogens (primary N) is 2. The van der Waals surface area contributed by atoms with E-state index < -0.39 is 6.04 Å². The van der Waals surface area contributed by atoms with Crippen LogP contribution in [0, 0.1) is 6.92 Å². The summed E-state index contributed by atoms with van der Waals surface area (Å²) in [7, 11) is 0. The molecule has 1 unspecified atom stereocenters. The fourth-order valence-electron chi connectivity index (χ4n) is 1.81. The minimum Gasteiger partial charge on any atom is -0.338 e. The average molecular weight is 219 g/mol. The van der Waals surface area contributed by atoms with Crippen molar-refractivity contribution in [3.05, 3.63) is 35.4 Å². The van der Waals surface area contributed by atoms with Gasteiger partial charge in [0.2, 0.25) is 5.91 Å². The van der Waals surface area contributed by atoms with Crippen LogP contribution in [0.4, 0.5) is 0 Å². The molecule has 4 N–H and O–H groups in total. The number of hydrogen-bond acceptors (Lipinski definition) is 3. The fourth-order valence-corrected chi connectivity index (χ4v) is 1.81. The third kappa shape index (κ3) is 2.08. The Bertz CT molecular complexity index is 382. The van der Waals surface area contributed by atoms with Gasteiger partial charge in [0, 0.05) is 19.1 Å². The van der Waals surface area contributed by atoms with Crippen LogP contribution in [0.3, 0.4) is 0 Å². The first-order valence-electron chi connectivity index (χ1n) is 5.44. The van der Waals surface area contributed by atoms with Gasteiger partial charge in [-0.1, -0.05) is 29.8 Å². The molecule has 1 saturated heterocycles. The lowest BCUT2D eigenvalue weighted by atomic mass is 10.0. The highest BCUT2D eigenvalue weighted by molar-refractivity contribution is 5.83. The van der Waals surface area contributed by atoms with E-state index >= 15 is 0 Å². The van der Waals surface area contributed by atoms with Crippen molar-refractivity contribution < 1.29 is 4.79 Å². The van der Waals surface area contributed by atoms with E-state index in [-0.39, 0.29) is 11.9 Å². The summed E-state index contributed by atoms with van der Waals surface area (Å²) in [6.45, 7) is 3.25. The number of carbonyl (C=O) groups excluding carboxylic acids is 1. The van der Waals surface area contributed by atoms with Crippen molar-refractivity contribution in [3.8, 4) is 0 Å². The molecule has 1 fully saturated rings. The topological polar surface area (TPSA) is 72.4 Å². The number of aryl methyl sites for hydroxylation is 1. The molecule has 1 aliphatic rings. The van der Waals surface area contributed by atoms with Crippen LogP contribution in [0.5, 0.6) is 0 Å². The Morgan fingerprint density at radius 2 is 1.94 bits per heavy atom. The SMILES string of the molecule is Cc1ccc(C(N)C(=O)N2CC(N)C2)cc1. The number of carbonyl (C=O) groups is 1. The summed E-state index contributed by atoms with van der Waals surface area (Å²) >= 11 is 0. The molecule has 0 aromatic heterocycles. The van der Waals surface area contributed by atoms with Crippen LogP contribution in [-0.2, 0) is 4.79 Å². The summed E-state index contributed by atoms with van der Waals surface area (Å²) in [4.78, 5) is 13.6. The Labute approximate surface area is 95.2 Å². The van der Waals surface area contributed by atoms with E-state index in [2.05, 4.69) is 0 Å². The van der Waals surface area contributed by atoms with Crippen LogP contribution in [-0.4, -0.2) is 29.9 Å². The zero-order chi connectivity index (χ0) is 11.7. The lowest BCUT2D eigenvalue weighted by molar-refractivity contribution is -0.137. The van der Waals surface area contributed by atoms with Crippen molar-refractivity contribution in [2.45, 2.75) is 19.0 Å². The van der Waals surface area contributed by atoms with Gasteiger partial charge in [0.25, 0.3) is 0 Å². The first kappa shape index (κ1) is 11.1. The smallest absolute Gasteiger partial charge is 0.244 e. The molecule has 0 spiro atoms. The van der Waals surface area contributed by atoms with E-state index in [0.29, 0.717) is 13.1 Å². The predicted molar refractivity (Wildman–Crippen MR) is 62.7 cm³/mol. The number of hydrogen-bond donors (Lipinski definition) is 2. The average Bonchev–Trinajstić information content (AvgIpc) is 2.24. The summed E-state index contributed by atoms with van der Waals surface area (Å²) in [6.07, 6.45) is 0. The quantitative estimate of drug-likeness (QED) is 0.744. The largest absolute Gasteiger partial charge is 0.338 e. The Kier molecular flexibility index (Phi) is 2.94. The van der Waals surface area contributed by atoms with E-state index in [4.69, 9.17) is 11.5 Å². The second kappa shape index (κ2) is 4.23. The molecule has 2 rings (SSSR count). The highest BCUT2D eigenvalue weighted by atomic mass is 16.2. The third-order valence-corrected chi connectivity index (χ3v) is 2.92. The van der Waals surface area contributed by atoms with Crippen LogP contribution in [0.1, 0.15) is 17.2 Å². The lowest BCUT2D eigenvalue weighted by Crippen LogP contribution is -2.59. The molecule has 1 heterocycles. The lowest BCUT2D eigenvalue weighted by Gasteiger charge is -2.38. The zero-order valence-electron chi connectivity index (χ0n) is 9.39. The van der Waals surface area contributed by atoms with Gasteiger partial charge in [0.15, 0.2) is 0 Å². The monoisotopic (exact) mass is 219 g/mol. The Hall–Kier alpha value is -1.39. The van der Waals surface area contributed by atoms with E-state index in [1.54, 1.807) is 4.90 Å². The number of benzene rings is 1. The second-order valence-electron chi connectivity index (χ2n) is 4.39. The van der Waals surface area contributed by atoms with Gasteiger partial charge in [-0.25, -0.2) is 0 Å². The molecule has 16 heavy (non-hydrogen) atoms. The minimum absolute atomic E-state index is 0.0365. The summed E-state index contributed by atoms with van der Waals surface area (Å²) in [5, 5.41) is 0. The molecule has 0 bridgehead atoms. The highest BCUT2D eigenvalue weighted by Gasteiger charge is 2.31. The summed E-state index contributed by atoms with van der Waals surface area (Å²) in [5.74, 6) is -0.0365. The van der Waals surface area contributed by atoms with Gasteiger partial charge in [-0.05, 0) is 12.5 Å². The maximum absolute atomic E-state index is 11.9. The Balaban J connectivity index is 2.04. The first-order valence-corrected chi connectivity index (χ1v) is 5.44. The maximum atomic E-state index is 11.9. The van der Waals surface area contributed by atoms with E-state index in [9.17, 15) is 4.79 Å². The predicted octanol–water partition coefficient (Wildman–Crippen LogP) is 0.164. The normalized spacial score (nSPS) is 18.1. The number of rotatable bonds is 2. The van der Waals surface area contributed by atoms with Crippen molar-refractivity contribution in [2.75, 3.05) is 13.1 Å². The molecule has 4 heteroatoms. The van der Waals surface area contributed by atoms with Crippen molar-refractivity contribution in [1.82, 2.24) is 4.90 Å². The van der Waals surface area contributed by atoms with Crippen LogP contribution in [0.25, 0.3) is 0 Å². The van der Waals surface area contributed by atoms with Crippen molar-refractivity contribution in [2.24, 2.45) is 11.5 Å². The number of nitrogens with zero attached hydrogens (tertiary/aromatic N) is 1. The maximum Gasteiger partial charge on any atom is 0.244 e. The molecule has 0 saturated carbocycles. The van der Waals surface area contributed by atoms with Crippen LogP contribution in [0.2, 0.25) is 0 Å². The molecular formula is C12H17N3O. The van der Waals surface area contributed by atoms with E-state index in [1.807, 2.05) is 31.2 Å². The molecule has 0 aliphatic carbocycles. The van der Waals surface area contributed by atoms with Crippen LogP contribution >= 0.6 is 0 Å². The van der Waals surface area contributed by atoms with Crippen molar-refractivity contribution in [1.29, 1.82) is 0 Å². The first-order chi connectivity index (χ1) is 7.58. The third-order valence-electron chi connectivity index (χ3n) is 2.92. The molecule has 1 aromatic rings. The van der Waals surface area contributed by atoms with Gasteiger partial charge < -0.3 is 16.4 Å². The Morgan fingerprint density at radius 1 is 1.38 bits per heavy atom. The van der Waals surface area contributed by atoms with E-state index in [1.165, 1.54) is 0 Å². The van der Waals surface area contributed by atoms with Crippen molar-refractivity contribution >= 4 is 5.91 Å². The van der Waals surface area contributed by atoms with Gasteiger partial charge in [0.05, 0.1) is 0 Å². The van der Waals surface area contributed by atoms with Crippen molar-refractivity contribution in [3.63, 3.8) is 0 Å². The fraction of sp³-hybridized carbons (Fsp3) is 0.417. The second-order valence-corrected chi connectivity index (χ2v) is 4.39. The van der Waals surface area contributed by atoms with Gasteiger partial charge in [-0.3, -0.25) is 4.79 Å². The molecule has 1 amide bonds. The molecule has 1 aliphatic heterocycles. The molecule has 1 atom stereocenters. The standard InChI is InChI=1S/C12H17N3O/c1-8-2-4-9(5-3-8)11(14)12(16)15-6-10(13)7-15/h2-5,10-11H,6-7,13-14H2,1H3. The summed E-state index contributed by atoms with van der Waals surface area (Å²) < 4.78 is 0. The summed E-state index contributed by atoms with van der Waals surface area (Å²) in [6, 6.07) is 7.28. The van der Waals surface area contributed by atoms with Gasteiger partial charge >= 0.3 is 0 Å². The van der Waals surface area contributed by atoms with E-state index in [0.717, 1.165) is 11.1 Å². The number of amides is 1. The molecule has 0 radical (unpaired) electrons. The summed E-state index contributed by atoms with van der Waals surface area (Å²) in [5.41, 5.74) is 13.6. The molecule has 1 aromatic carbocycles. The van der Waals surface area contributed by atoms with Gasteiger partial charge in [-0.2, -0.15) is 0 Å². The van der Waals surface area contributed by atoms with Gasteiger partial charge in [0.1, 0.15) is 6.04 Å². The molecule has 4 nitrogen and oxygen atoms in total.